The van der Waals surface area contributed by atoms with E-state index >= 15 is 0 Å². The summed E-state index contributed by atoms with van der Waals surface area (Å²) in [5.74, 6) is 1.06. The van der Waals surface area contributed by atoms with E-state index in [0.717, 1.165) is 5.75 Å². The highest BCUT2D eigenvalue weighted by Crippen LogP contribution is 2.13. The summed E-state index contributed by atoms with van der Waals surface area (Å²) in [4.78, 5) is 0. The zero-order chi connectivity index (χ0) is 14.9. The van der Waals surface area contributed by atoms with E-state index in [4.69, 9.17) is 10.0 Å². The normalized spacial score (nSPS) is 10.9. The van der Waals surface area contributed by atoms with Crippen molar-refractivity contribution in [3.63, 3.8) is 0 Å². The Balaban J connectivity index is 2.92. The van der Waals surface area contributed by atoms with Crippen LogP contribution in [0.2, 0.25) is 0 Å². The molecule has 0 spiro atoms. The Morgan fingerprint density at radius 1 is 0.650 bits per heavy atom. The van der Waals surface area contributed by atoms with E-state index in [0.29, 0.717) is 5.65 Å². The maximum Gasteiger partial charge on any atom is 0.461 e. The van der Waals surface area contributed by atoms with Crippen molar-refractivity contribution in [1.82, 2.24) is 0 Å². The number of rotatable bonds is 16. The molecule has 0 aromatic rings. The van der Waals surface area contributed by atoms with Crippen LogP contribution in [0.1, 0.15) is 90.4 Å². The largest absolute Gasteiger partial charge is 0.461 e. The van der Waals surface area contributed by atoms with Gasteiger partial charge in [0.1, 0.15) is 0 Å². The molecule has 0 aromatic heterocycles. The minimum Gasteiger partial charge on any atom is -0.427 e. The molecule has 20 heavy (non-hydrogen) atoms. The first-order valence-electron chi connectivity index (χ1n) is 8.71. The van der Waals surface area contributed by atoms with Crippen molar-refractivity contribution >= 4 is 18.9 Å². The van der Waals surface area contributed by atoms with Crippen LogP contribution >= 0.6 is 11.8 Å². The zero-order valence-electron chi connectivity index (χ0n) is 13.5. The van der Waals surface area contributed by atoms with Gasteiger partial charge < -0.3 is 10.0 Å². The van der Waals surface area contributed by atoms with Gasteiger partial charge in [0, 0.05) is 5.65 Å². The average molecular weight is 302 g/mol. The molecule has 0 aliphatic rings. The molecule has 0 bridgehead atoms. The smallest absolute Gasteiger partial charge is 0.427 e. The van der Waals surface area contributed by atoms with Gasteiger partial charge in [-0.2, -0.15) is 11.8 Å². The van der Waals surface area contributed by atoms with Crippen LogP contribution in [-0.2, 0) is 0 Å². The molecule has 2 N–H and O–H groups in total. The third-order valence-corrected chi connectivity index (χ3v) is 4.77. The molecule has 0 aliphatic carbocycles. The highest BCUT2D eigenvalue weighted by Gasteiger charge is 2.04. The van der Waals surface area contributed by atoms with Gasteiger partial charge in [0.05, 0.1) is 0 Å². The van der Waals surface area contributed by atoms with Gasteiger partial charge in [-0.15, -0.1) is 0 Å². The van der Waals surface area contributed by atoms with E-state index in [9.17, 15) is 0 Å². The van der Waals surface area contributed by atoms with Crippen LogP contribution in [0, 0.1) is 0 Å². The minimum atomic E-state index is -1.14. The monoisotopic (exact) mass is 302 g/mol. The molecule has 0 heterocycles. The number of unbranched alkanes of at least 4 members (excludes halogenated alkanes) is 12. The van der Waals surface area contributed by atoms with Gasteiger partial charge in [-0.1, -0.05) is 84.0 Å². The predicted octanol–water partition coefficient (Wildman–Crippen LogP) is 4.82. The highest BCUT2D eigenvalue weighted by atomic mass is 32.2. The van der Waals surface area contributed by atoms with Gasteiger partial charge in [0.2, 0.25) is 0 Å². The van der Waals surface area contributed by atoms with Crippen LogP contribution < -0.4 is 0 Å². The van der Waals surface area contributed by atoms with Crippen molar-refractivity contribution in [2.45, 2.75) is 90.4 Å². The molecule has 0 fully saturated rings. The lowest BCUT2D eigenvalue weighted by Gasteiger charge is -2.03. The molecular weight excluding hydrogens is 267 g/mol. The van der Waals surface area contributed by atoms with Crippen LogP contribution in [-0.4, -0.2) is 28.6 Å². The molecule has 0 saturated carbocycles. The van der Waals surface area contributed by atoms with Gasteiger partial charge in [-0.25, -0.2) is 0 Å². The molecule has 4 heteroatoms. The van der Waals surface area contributed by atoms with E-state index in [2.05, 4.69) is 6.92 Å². The van der Waals surface area contributed by atoms with E-state index in [1.54, 1.807) is 11.8 Å². The number of thioether (sulfide) groups is 1. The first kappa shape index (κ1) is 20.3. The second-order valence-electron chi connectivity index (χ2n) is 5.80. The van der Waals surface area contributed by atoms with Gasteiger partial charge in [-0.3, -0.25) is 0 Å². The lowest BCUT2D eigenvalue weighted by Crippen LogP contribution is -2.14. The predicted molar refractivity (Wildman–Crippen MR) is 93.2 cm³/mol. The third kappa shape index (κ3) is 18.3. The van der Waals surface area contributed by atoms with Crippen LogP contribution in [0.25, 0.3) is 0 Å². The summed E-state index contributed by atoms with van der Waals surface area (Å²) in [7, 11) is -1.14. The molecular formula is C16H35BO2S. The maximum absolute atomic E-state index is 8.69. The van der Waals surface area contributed by atoms with Crippen LogP contribution in [0.15, 0.2) is 0 Å². The fraction of sp³-hybridized carbons (Fsp3) is 1.00. The first-order chi connectivity index (χ1) is 9.77. The van der Waals surface area contributed by atoms with E-state index in [1.165, 1.54) is 83.5 Å². The number of hydrogen-bond donors (Lipinski definition) is 2. The molecule has 0 amide bonds. The Morgan fingerprint density at radius 2 is 1.05 bits per heavy atom. The Kier molecular flexibility index (Phi) is 17.7. The molecule has 0 rings (SSSR count). The Morgan fingerprint density at radius 3 is 1.45 bits per heavy atom. The van der Waals surface area contributed by atoms with Crippen molar-refractivity contribution in [1.29, 1.82) is 0 Å². The Hall–Kier alpha value is 0.335. The quantitative estimate of drug-likeness (QED) is 0.317. The van der Waals surface area contributed by atoms with E-state index in [1.807, 2.05) is 0 Å². The Labute approximate surface area is 131 Å². The number of hydrogen-bond acceptors (Lipinski definition) is 3. The first-order valence-corrected chi connectivity index (χ1v) is 9.86. The van der Waals surface area contributed by atoms with E-state index in [-0.39, 0.29) is 0 Å². The lowest BCUT2D eigenvalue weighted by molar-refractivity contribution is 0.415. The van der Waals surface area contributed by atoms with Crippen molar-refractivity contribution in [2.75, 3.05) is 11.4 Å². The fourth-order valence-electron chi connectivity index (χ4n) is 2.41. The topological polar surface area (TPSA) is 40.5 Å². The molecule has 0 atom stereocenters. The summed E-state index contributed by atoms with van der Waals surface area (Å²) in [5.41, 5.74) is 0.457. The van der Waals surface area contributed by atoms with Gasteiger partial charge >= 0.3 is 7.12 Å². The summed E-state index contributed by atoms with van der Waals surface area (Å²) in [5, 5.41) is 17.4. The second kappa shape index (κ2) is 17.4. The van der Waals surface area contributed by atoms with Crippen molar-refractivity contribution in [2.24, 2.45) is 0 Å². The van der Waals surface area contributed by atoms with Gasteiger partial charge in [0.25, 0.3) is 0 Å². The summed E-state index contributed by atoms with van der Waals surface area (Å²) < 4.78 is 0. The SMILES string of the molecule is CCCCCCCCCCCCCCCSCB(O)O. The molecule has 120 valence electrons. The minimum absolute atomic E-state index is 0.457. The zero-order valence-corrected chi connectivity index (χ0v) is 14.3. The molecule has 0 aliphatic heterocycles. The molecule has 0 saturated heterocycles. The van der Waals surface area contributed by atoms with Crippen molar-refractivity contribution in [3.05, 3.63) is 0 Å². The maximum atomic E-state index is 8.69. The molecule has 0 aromatic carbocycles. The summed E-state index contributed by atoms with van der Waals surface area (Å²) in [6.07, 6.45) is 18.0. The standard InChI is InChI=1S/C16H35BO2S/c1-2-3-4-5-6-7-8-9-10-11-12-13-14-15-20-16-17(18)19/h18-19H,2-16H2,1H3. The molecule has 0 radical (unpaired) electrons. The van der Waals surface area contributed by atoms with E-state index < -0.39 is 7.12 Å². The van der Waals surface area contributed by atoms with Crippen LogP contribution in [0.4, 0.5) is 0 Å². The second-order valence-corrected chi connectivity index (χ2v) is 6.95. The molecule has 0 unspecified atom stereocenters. The summed E-state index contributed by atoms with van der Waals surface area (Å²) in [6.45, 7) is 2.27. The average Bonchev–Trinajstić information content (AvgIpc) is 2.43. The Bertz CT molecular complexity index is 180. The lowest BCUT2D eigenvalue weighted by atomic mass is 9.98. The van der Waals surface area contributed by atoms with Crippen LogP contribution in [0.5, 0.6) is 0 Å². The van der Waals surface area contributed by atoms with Gasteiger partial charge in [-0.05, 0) is 12.2 Å². The fourth-order valence-corrected chi connectivity index (χ4v) is 3.20. The van der Waals surface area contributed by atoms with Gasteiger partial charge in [0.15, 0.2) is 0 Å². The molecule has 2 nitrogen and oxygen atoms in total. The highest BCUT2D eigenvalue weighted by molar-refractivity contribution is 8.00. The third-order valence-electron chi connectivity index (χ3n) is 3.66. The summed E-state index contributed by atoms with van der Waals surface area (Å²) >= 11 is 1.64. The summed E-state index contributed by atoms with van der Waals surface area (Å²) in [6, 6.07) is 0. The van der Waals surface area contributed by atoms with Crippen molar-refractivity contribution in [3.8, 4) is 0 Å². The van der Waals surface area contributed by atoms with Crippen LogP contribution in [0.3, 0.4) is 0 Å². The van der Waals surface area contributed by atoms with Crippen molar-refractivity contribution < 1.29 is 10.0 Å².